The molecule has 140 valence electrons. The van der Waals surface area contributed by atoms with Gasteiger partial charge in [0, 0.05) is 0 Å². The van der Waals surface area contributed by atoms with Gasteiger partial charge in [-0.2, -0.15) is 0 Å². The van der Waals surface area contributed by atoms with Crippen LogP contribution >= 0.6 is 0 Å². The van der Waals surface area contributed by atoms with E-state index < -0.39 is 0 Å². The lowest BCUT2D eigenvalue weighted by Gasteiger charge is -2.24. The third-order valence-corrected chi connectivity index (χ3v) is 7.93. The van der Waals surface area contributed by atoms with Crippen LogP contribution in [0.5, 0.6) is 0 Å². The molecule has 0 aromatic heterocycles. The van der Waals surface area contributed by atoms with E-state index in [0.29, 0.717) is 0 Å². The smallest absolute Gasteiger partial charge is 0.000115 e. The molecule has 0 heteroatoms. The van der Waals surface area contributed by atoms with Crippen LogP contribution in [-0.2, 0) is 0 Å². The molecule has 0 bridgehead atoms. The molecule has 0 saturated carbocycles. The van der Waals surface area contributed by atoms with Gasteiger partial charge in [0.15, 0.2) is 0 Å². The maximum atomic E-state index is 2.41. The summed E-state index contributed by atoms with van der Waals surface area (Å²) in [5, 5.41) is 22.5. The van der Waals surface area contributed by atoms with Gasteiger partial charge in [-0.15, -0.1) is 0 Å². The fourth-order valence-electron chi connectivity index (χ4n) is 6.77. The van der Waals surface area contributed by atoms with Crippen molar-refractivity contribution in [3.63, 3.8) is 0 Å². The first-order valence-corrected chi connectivity index (χ1v) is 11.0. The monoisotopic (exact) mass is 388 g/mol. The highest BCUT2D eigenvalue weighted by molar-refractivity contribution is 6.50. The standard InChI is InChI=1S/C31H16/c1-15-13-18-7-6-17-9-12-23-22-4-2-3-16-5-8-19-14-20-10-11-21(15)29-27(18)25(17)30(23)31(28(20)29)26(19)24(16)22/h2-14H,1H3. The van der Waals surface area contributed by atoms with Crippen molar-refractivity contribution in [2.75, 3.05) is 0 Å². The molecule has 0 amide bonds. The topological polar surface area (TPSA) is 0 Å². The van der Waals surface area contributed by atoms with Crippen LogP contribution in [0.4, 0.5) is 0 Å². The Kier molecular flexibility index (Phi) is 2.20. The van der Waals surface area contributed by atoms with E-state index >= 15 is 0 Å². The molecule has 0 radical (unpaired) electrons. The van der Waals surface area contributed by atoms with E-state index in [2.05, 4.69) is 85.8 Å². The van der Waals surface area contributed by atoms with Crippen molar-refractivity contribution in [3.8, 4) is 0 Å². The Bertz CT molecular complexity index is 2140. The van der Waals surface area contributed by atoms with E-state index in [9.17, 15) is 0 Å². The van der Waals surface area contributed by atoms with Crippen LogP contribution in [0.3, 0.4) is 0 Å². The molecule has 0 fully saturated rings. The Morgan fingerprint density at radius 2 is 0.871 bits per heavy atom. The van der Waals surface area contributed by atoms with Crippen molar-refractivity contribution in [2.45, 2.75) is 6.92 Å². The first-order chi connectivity index (χ1) is 15.3. The zero-order chi connectivity index (χ0) is 20.0. The first kappa shape index (κ1) is 15.0. The average Bonchev–Trinajstić information content (AvgIpc) is 2.81. The third-order valence-electron chi connectivity index (χ3n) is 7.93. The second-order valence-corrected chi connectivity index (χ2v) is 9.35. The second kappa shape index (κ2) is 4.55. The lowest BCUT2D eigenvalue weighted by Crippen LogP contribution is -1.96. The van der Waals surface area contributed by atoms with Crippen LogP contribution < -0.4 is 0 Å². The largest absolute Gasteiger partial charge is 0.0610 e. The molecule has 0 saturated heterocycles. The molecular weight excluding hydrogens is 372 g/mol. The van der Waals surface area contributed by atoms with Crippen molar-refractivity contribution in [1.29, 1.82) is 0 Å². The minimum absolute atomic E-state index is 1.34. The van der Waals surface area contributed by atoms with Crippen molar-refractivity contribution >= 4 is 86.2 Å². The van der Waals surface area contributed by atoms with Gasteiger partial charge in [-0.1, -0.05) is 72.8 Å². The van der Waals surface area contributed by atoms with Crippen LogP contribution in [0.2, 0.25) is 0 Å². The van der Waals surface area contributed by atoms with E-state index in [1.807, 2.05) is 0 Å². The van der Waals surface area contributed by atoms with E-state index in [-0.39, 0.29) is 0 Å². The van der Waals surface area contributed by atoms with E-state index in [1.165, 1.54) is 91.7 Å². The molecule has 9 rings (SSSR count). The molecule has 0 spiro atoms. The van der Waals surface area contributed by atoms with Gasteiger partial charge in [0.1, 0.15) is 0 Å². The summed E-state index contributed by atoms with van der Waals surface area (Å²) in [5.41, 5.74) is 1.37. The molecule has 0 aliphatic heterocycles. The molecule has 0 atom stereocenters. The SMILES string of the molecule is Cc1cc2ccc3ccc4c5cccc6ccc7cc8ccc1c1c2c3c4c(c7c65)c81. The maximum Gasteiger partial charge on any atom is -0.000115 e. The van der Waals surface area contributed by atoms with Crippen LogP contribution in [0, 0.1) is 6.92 Å². The minimum atomic E-state index is 1.34. The summed E-state index contributed by atoms with van der Waals surface area (Å²) < 4.78 is 0. The molecule has 9 aromatic rings. The molecule has 0 N–H and O–H groups in total. The lowest BCUT2D eigenvalue weighted by atomic mass is 9.79. The number of fused-ring (bicyclic) bond motifs is 1. The highest BCUT2D eigenvalue weighted by Crippen LogP contribution is 2.52. The Labute approximate surface area is 177 Å². The van der Waals surface area contributed by atoms with Gasteiger partial charge in [0.05, 0.1) is 0 Å². The van der Waals surface area contributed by atoms with Crippen molar-refractivity contribution in [3.05, 3.63) is 84.4 Å². The minimum Gasteiger partial charge on any atom is -0.0610 e. The zero-order valence-corrected chi connectivity index (χ0v) is 17.0. The number of benzene rings is 9. The van der Waals surface area contributed by atoms with Gasteiger partial charge >= 0.3 is 0 Å². The van der Waals surface area contributed by atoms with Gasteiger partial charge in [-0.3, -0.25) is 0 Å². The van der Waals surface area contributed by atoms with Crippen LogP contribution in [0.15, 0.2) is 78.9 Å². The highest BCUT2D eigenvalue weighted by Gasteiger charge is 2.24. The van der Waals surface area contributed by atoms with Crippen LogP contribution in [0.25, 0.3) is 86.2 Å². The Balaban J connectivity index is 1.87. The fraction of sp³-hybridized carbons (Fsp3) is 0.0323. The molecule has 9 aromatic carbocycles. The normalized spacial score (nSPS) is 13.3. The third kappa shape index (κ3) is 1.45. The summed E-state index contributed by atoms with van der Waals surface area (Å²) in [6, 6.07) is 30.2. The van der Waals surface area contributed by atoms with Crippen molar-refractivity contribution < 1.29 is 0 Å². The second-order valence-electron chi connectivity index (χ2n) is 9.35. The molecule has 0 aliphatic rings. The molecule has 0 nitrogen and oxygen atoms in total. The molecular formula is C31H16. The number of hydrogen-bond acceptors (Lipinski definition) is 0. The average molecular weight is 388 g/mol. The van der Waals surface area contributed by atoms with E-state index in [4.69, 9.17) is 0 Å². The Morgan fingerprint density at radius 1 is 0.355 bits per heavy atom. The van der Waals surface area contributed by atoms with Gasteiger partial charge in [-0.05, 0) is 105 Å². The van der Waals surface area contributed by atoms with Gasteiger partial charge < -0.3 is 0 Å². The Morgan fingerprint density at radius 3 is 1.74 bits per heavy atom. The molecule has 0 aliphatic carbocycles. The van der Waals surface area contributed by atoms with E-state index in [0.717, 1.165) is 0 Å². The summed E-state index contributed by atoms with van der Waals surface area (Å²) >= 11 is 0. The van der Waals surface area contributed by atoms with Crippen LogP contribution in [-0.4, -0.2) is 0 Å². The summed E-state index contributed by atoms with van der Waals surface area (Å²) in [4.78, 5) is 0. The van der Waals surface area contributed by atoms with Crippen LogP contribution in [0.1, 0.15) is 5.56 Å². The summed E-state index contributed by atoms with van der Waals surface area (Å²) in [5.74, 6) is 0. The van der Waals surface area contributed by atoms with E-state index in [1.54, 1.807) is 0 Å². The Hall–Kier alpha value is -3.90. The van der Waals surface area contributed by atoms with Crippen molar-refractivity contribution in [1.82, 2.24) is 0 Å². The predicted molar refractivity (Wildman–Crippen MR) is 136 cm³/mol. The number of hydrogen-bond donors (Lipinski definition) is 0. The lowest BCUT2D eigenvalue weighted by molar-refractivity contribution is 1.57. The molecule has 0 heterocycles. The summed E-state index contributed by atoms with van der Waals surface area (Å²) in [6.45, 7) is 2.26. The van der Waals surface area contributed by atoms with Gasteiger partial charge in [0.25, 0.3) is 0 Å². The highest BCUT2D eigenvalue weighted by atomic mass is 14.3. The number of aryl methyl sites for hydroxylation is 1. The molecule has 0 unspecified atom stereocenters. The number of rotatable bonds is 0. The zero-order valence-electron chi connectivity index (χ0n) is 17.0. The summed E-state index contributed by atoms with van der Waals surface area (Å²) in [6.07, 6.45) is 0. The molecule has 31 heavy (non-hydrogen) atoms. The van der Waals surface area contributed by atoms with Crippen molar-refractivity contribution in [2.24, 2.45) is 0 Å². The first-order valence-electron chi connectivity index (χ1n) is 11.0. The fourth-order valence-corrected chi connectivity index (χ4v) is 6.77. The van der Waals surface area contributed by atoms with Gasteiger partial charge in [0.2, 0.25) is 0 Å². The van der Waals surface area contributed by atoms with Gasteiger partial charge in [-0.25, -0.2) is 0 Å². The predicted octanol–water partition coefficient (Wildman–Crippen LogP) is 8.97. The quantitative estimate of drug-likeness (QED) is 0.180. The summed E-state index contributed by atoms with van der Waals surface area (Å²) in [7, 11) is 0. The maximum absolute atomic E-state index is 2.41.